The van der Waals surface area contributed by atoms with E-state index in [9.17, 15) is 24.9 Å². The maximum atomic E-state index is 11.4. The highest BCUT2D eigenvalue weighted by Gasteiger charge is 2.46. The van der Waals surface area contributed by atoms with E-state index in [0.29, 0.717) is 0 Å². The maximum absolute atomic E-state index is 11.4. The Bertz CT molecular complexity index is 308. The number of nitrogens with one attached hydrogen (secondary N) is 1. The molecular weight excluding hydrogens is 236 g/mol. The van der Waals surface area contributed by atoms with E-state index in [1.165, 1.54) is 0 Å². The zero-order valence-electron chi connectivity index (χ0n) is 8.68. The number of amides is 3. The van der Waals surface area contributed by atoms with E-state index in [2.05, 4.69) is 0 Å². The molecule has 3 amide bonds. The van der Waals surface area contributed by atoms with E-state index in [4.69, 9.17) is 15.6 Å². The molecule has 5 atom stereocenters. The number of aliphatic hydroxyl groups excluding tert-OH is 4. The zero-order valence-corrected chi connectivity index (χ0v) is 8.68. The number of nitrogens with two attached hydrogens (primary N) is 1. The van der Waals surface area contributed by atoms with Gasteiger partial charge in [0.15, 0.2) is 6.10 Å². The summed E-state index contributed by atoms with van der Waals surface area (Å²) in [4.78, 5) is 21.8. The standard InChI is InChI=1S/C8H14N2O7/c9-8(16)10-7(15)6-5(14)4(13)3(12)2(1-11)17-6/h2-6,11-14H,1H2,(H3,9,10,15,16)/t2-,3-,4+,5-,6?/m1/s1. The highest BCUT2D eigenvalue weighted by molar-refractivity contribution is 5.96. The molecule has 98 valence electrons. The Hall–Kier alpha value is -1.26. The number of urea groups is 1. The van der Waals surface area contributed by atoms with Gasteiger partial charge in [-0.15, -0.1) is 0 Å². The van der Waals surface area contributed by atoms with Crippen molar-refractivity contribution in [3.05, 3.63) is 0 Å². The van der Waals surface area contributed by atoms with Crippen molar-refractivity contribution in [3.63, 3.8) is 0 Å². The van der Waals surface area contributed by atoms with Gasteiger partial charge in [-0.2, -0.15) is 0 Å². The molecule has 0 saturated carbocycles. The molecule has 1 unspecified atom stereocenters. The third kappa shape index (κ3) is 2.90. The molecule has 17 heavy (non-hydrogen) atoms. The number of hydrogen-bond donors (Lipinski definition) is 6. The van der Waals surface area contributed by atoms with Gasteiger partial charge in [-0.1, -0.05) is 0 Å². The topological polar surface area (TPSA) is 162 Å². The van der Waals surface area contributed by atoms with Crippen molar-refractivity contribution in [3.8, 4) is 0 Å². The minimum Gasteiger partial charge on any atom is -0.394 e. The van der Waals surface area contributed by atoms with Gasteiger partial charge in [-0.25, -0.2) is 4.79 Å². The Kier molecular flexibility index (Phi) is 4.37. The second-order valence-corrected chi connectivity index (χ2v) is 3.60. The van der Waals surface area contributed by atoms with Crippen LogP contribution in [0.5, 0.6) is 0 Å². The molecule has 1 aliphatic rings. The molecule has 7 N–H and O–H groups in total. The number of ether oxygens (including phenoxy) is 1. The van der Waals surface area contributed by atoms with E-state index < -0.39 is 49.1 Å². The largest absolute Gasteiger partial charge is 0.394 e. The van der Waals surface area contributed by atoms with Crippen molar-refractivity contribution in [2.45, 2.75) is 30.5 Å². The summed E-state index contributed by atoms with van der Waals surface area (Å²) in [5, 5.41) is 38.8. The first-order valence-electron chi connectivity index (χ1n) is 4.79. The molecule has 0 aromatic carbocycles. The monoisotopic (exact) mass is 250 g/mol. The van der Waals surface area contributed by atoms with Gasteiger partial charge in [0.2, 0.25) is 0 Å². The van der Waals surface area contributed by atoms with Gasteiger partial charge in [-0.3, -0.25) is 10.1 Å². The molecule has 9 nitrogen and oxygen atoms in total. The molecule has 0 aromatic heterocycles. The first-order valence-corrected chi connectivity index (χ1v) is 4.79. The summed E-state index contributed by atoms with van der Waals surface area (Å²) in [5.74, 6) is -1.06. The lowest BCUT2D eigenvalue weighted by molar-refractivity contribution is -0.226. The average molecular weight is 250 g/mol. The summed E-state index contributed by atoms with van der Waals surface area (Å²) < 4.78 is 4.86. The Morgan fingerprint density at radius 3 is 2.24 bits per heavy atom. The van der Waals surface area contributed by atoms with Crippen LogP contribution in [0.15, 0.2) is 0 Å². The van der Waals surface area contributed by atoms with E-state index in [0.717, 1.165) is 0 Å². The Balaban J connectivity index is 2.78. The number of primary amides is 1. The van der Waals surface area contributed by atoms with Crippen molar-refractivity contribution in [2.75, 3.05) is 6.61 Å². The number of rotatable bonds is 2. The fraction of sp³-hybridized carbons (Fsp3) is 0.750. The molecule has 1 rings (SSSR count). The summed E-state index contributed by atoms with van der Waals surface area (Å²) in [6.07, 6.45) is -7.78. The summed E-state index contributed by atoms with van der Waals surface area (Å²) in [5.41, 5.74) is 4.71. The molecule has 0 bridgehead atoms. The lowest BCUT2D eigenvalue weighted by Gasteiger charge is -2.38. The van der Waals surface area contributed by atoms with E-state index in [-0.39, 0.29) is 0 Å². The molecule has 1 fully saturated rings. The van der Waals surface area contributed by atoms with Crippen LogP contribution in [-0.2, 0) is 9.53 Å². The molecule has 0 radical (unpaired) electrons. The number of imide groups is 1. The predicted molar refractivity (Wildman–Crippen MR) is 51.5 cm³/mol. The van der Waals surface area contributed by atoms with Crippen LogP contribution < -0.4 is 11.1 Å². The number of carbonyl (C=O) groups is 2. The van der Waals surface area contributed by atoms with Crippen molar-refractivity contribution in [1.29, 1.82) is 0 Å². The highest BCUT2D eigenvalue weighted by atomic mass is 16.5. The van der Waals surface area contributed by atoms with E-state index >= 15 is 0 Å². The Labute approximate surface area is 95.8 Å². The Morgan fingerprint density at radius 1 is 1.18 bits per heavy atom. The second kappa shape index (κ2) is 5.38. The van der Waals surface area contributed by atoms with Crippen LogP contribution in [0.3, 0.4) is 0 Å². The number of carbonyl (C=O) groups excluding carboxylic acids is 2. The van der Waals surface area contributed by atoms with Gasteiger partial charge >= 0.3 is 6.03 Å². The van der Waals surface area contributed by atoms with Crippen LogP contribution >= 0.6 is 0 Å². The van der Waals surface area contributed by atoms with Crippen LogP contribution in [0.2, 0.25) is 0 Å². The van der Waals surface area contributed by atoms with Crippen LogP contribution in [0.1, 0.15) is 0 Å². The quantitative estimate of drug-likeness (QED) is 0.291. The fourth-order valence-corrected chi connectivity index (χ4v) is 1.51. The minimum absolute atomic E-state index is 0.661. The zero-order chi connectivity index (χ0) is 13.2. The molecule has 0 spiro atoms. The molecule has 1 saturated heterocycles. The van der Waals surface area contributed by atoms with Gasteiger partial charge in [0.25, 0.3) is 5.91 Å². The van der Waals surface area contributed by atoms with Gasteiger partial charge in [-0.05, 0) is 0 Å². The molecule has 0 aliphatic carbocycles. The van der Waals surface area contributed by atoms with Crippen molar-refractivity contribution < 1.29 is 34.8 Å². The lowest BCUT2D eigenvalue weighted by atomic mass is 9.95. The van der Waals surface area contributed by atoms with E-state index in [1.807, 2.05) is 0 Å². The van der Waals surface area contributed by atoms with Gasteiger partial charge in [0.1, 0.15) is 24.4 Å². The Morgan fingerprint density at radius 2 is 1.76 bits per heavy atom. The highest BCUT2D eigenvalue weighted by Crippen LogP contribution is 2.21. The van der Waals surface area contributed by atoms with Crippen LogP contribution in [0.4, 0.5) is 4.79 Å². The van der Waals surface area contributed by atoms with Gasteiger partial charge in [0.05, 0.1) is 6.61 Å². The summed E-state index contributed by atoms with van der Waals surface area (Å²) in [6, 6.07) is -1.15. The van der Waals surface area contributed by atoms with Crippen LogP contribution in [-0.4, -0.2) is 69.5 Å². The summed E-state index contributed by atoms with van der Waals surface area (Å²) in [6.45, 7) is -0.661. The molecule has 1 heterocycles. The predicted octanol–water partition coefficient (Wildman–Crippen LogP) is -3.98. The molecule has 0 aromatic rings. The second-order valence-electron chi connectivity index (χ2n) is 3.60. The SMILES string of the molecule is NC(=O)NC(=O)C1O[C@H](CO)[C@@H](O)[C@H](O)[C@H]1O. The lowest BCUT2D eigenvalue weighted by Crippen LogP contribution is -2.62. The number of aliphatic hydroxyl groups is 4. The third-order valence-corrected chi connectivity index (χ3v) is 2.40. The average Bonchev–Trinajstić information content (AvgIpc) is 2.25. The van der Waals surface area contributed by atoms with Crippen molar-refractivity contribution >= 4 is 11.9 Å². The molecule has 1 aliphatic heterocycles. The third-order valence-electron chi connectivity index (χ3n) is 2.40. The van der Waals surface area contributed by atoms with Gasteiger partial charge < -0.3 is 30.9 Å². The normalized spacial score (nSPS) is 37.5. The maximum Gasteiger partial charge on any atom is 0.318 e. The first kappa shape index (κ1) is 13.8. The fourth-order valence-electron chi connectivity index (χ4n) is 1.51. The smallest absolute Gasteiger partial charge is 0.318 e. The van der Waals surface area contributed by atoms with Crippen molar-refractivity contribution in [1.82, 2.24) is 5.32 Å². The summed E-state index contributed by atoms with van der Waals surface area (Å²) >= 11 is 0. The van der Waals surface area contributed by atoms with Crippen LogP contribution in [0, 0.1) is 0 Å². The van der Waals surface area contributed by atoms with Gasteiger partial charge in [0, 0.05) is 0 Å². The molecular formula is C8H14N2O7. The number of hydrogen-bond acceptors (Lipinski definition) is 7. The van der Waals surface area contributed by atoms with Crippen molar-refractivity contribution in [2.24, 2.45) is 5.73 Å². The summed E-state index contributed by atoms with van der Waals surface area (Å²) in [7, 11) is 0. The van der Waals surface area contributed by atoms with Crippen LogP contribution in [0.25, 0.3) is 0 Å². The minimum atomic E-state index is -1.73. The molecule has 9 heteroatoms. The van der Waals surface area contributed by atoms with E-state index in [1.54, 1.807) is 5.32 Å². The first-order chi connectivity index (χ1) is 7.88.